The molecule has 1 aliphatic rings. The van der Waals surface area contributed by atoms with Gasteiger partial charge in [-0.05, 0) is 6.07 Å². The molecule has 0 N–H and O–H groups in total. The van der Waals surface area contributed by atoms with Crippen molar-refractivity contribution in [3.05, 3.63) is 29.5 Å². The summed E-state index contributed by atoms with van der Waals surface area (Å²) in [6.07, 6.45) is -3.14. The lowest BCUT2D eigenvalue weighted by Crippen LogP contribution is -2.36. The molecular weight excluding hydrogens is 287 g/mol. The first kappa shape index (κ1) is 13.3. The van der Waals surface area contributed by atoms with Crippen LogP contribution in [0.5, 0.6) is 0 Å². The number of nitriles is 1. The normalized spacial score (nSPS) is 14.7. The summed E-state index contributed by atoms with van der Waals surface area (Å²) >= 11 is 0. The number of aromatic nitrogens is 5. The number of rotatable bonds is 1. The number of hydrogen-bond donors (Lipinski definition) is 0. The highest BCUT2D eigenvalue weighted by Gasteiger charge is 2.39. The van der Waals surface area contributed by atoms with Gasteiger partial charge in [0, 0.05) is 13.1 Å². The molecule has 0 radical (unpaired) electrons. The molecule has 0 aromatic carbocycles. The Hall–Kier alpha value is -2.70. The van der Waals surface area contributed by atoms with Gasteiger partial charge in [-0.2, -0.15) is 23.5 Å². The van der Waals surface area contributed by atoms with Gasteiger partial charge < -0.3 is 9.47 Å². The lowest BCUT2D eigenvalue weighted by atomic mass is 10.2. The molecule has 0 saturated heterocycles. The topological polar surface area (TPSA) is 83.5 Å². The van der Waals surface area contributed by atoms with Crippen LogP contribution in [-0.2, 0) is 19.3 Å². The third-order valence-electron chi connectivity index (χ3n) is 3.13. The lowest BCUT2D eigenvalue weighted by Gasteiger charge is -2.28. The zero-order valence-electron chi connectivity index (χ0n) is 10.5. The van der Waals surface area contributed by atoms with Gasteiger partial charge in [0.25, 0.3) is 0 Å². The highest BCUT2D eigenvalue weighted by atomic mass is 19.4. The molecule has 7 nitrogen and oxygen atoms in total. The van der Waals surface area contributed by atoms with E-state index in [4.69, 9.17) is 5.26 Å². The molecule has 3 heterocycles. The minimum absolute atomic E-state index is 0.0681. The average molecular weight is 295 g/mol. The van der Waals surface area contributed by atoms with E-state index in [9.17, 15) is 13.2 Å². The Bertz CT molecular complexity index is 715. The summed E-state index contributed by atoms with van der Waals surface area (Å²) in [6.45, 7) is 0.427. The molecule has 10 heteroatoms. The highest BCUT2D eigenvalue weighted by Crippen LogP contribution is 2.30. The maximum absolute atomic E-state index is 12.7. The van der Waals surface area contributed by atoms with E-state index in [1.807, 2.05) is 6.07 Å². The molecule has 21 heavy (non-hydrogen) atoms. The zero-order valence-corrected chi connectivity index (χ0v) is 10.5. The molecule has 0 spiro atoms. The molecule has 0 bridgehead atoms. The monoisotopic (exact) mass is 295 g/mol. The van der Waals surface area contributed by atoms with Gasteiger partial charge in [-0.25, -0.2) is 0 Å². The number of fused-ring (bicyclic) bond motifs is 1. The minimum atomic E-state index is -4.53. The Morgan fingerprint density at radius 3 is 2.71 bits per heavy atom. The fourth-order valence-corrected chi connectivity index (χ4v) is 2.19. The molecule has 0 unspecified atom stereocenters. The van der Waals surface area contributed by atoms with Crippen molar-refractivity contribution < 1.29 is 13.2 Å². The third kappa shape index (κ3) is 2.26. The Morgan fingerprint density at radius 2 is 2.00 bits per heavy atom. The van der Waals surface area contributed by atoms with Crippen LogP contribution >= 0.6 is 0 Å². The largest absolute Gasteiger partial charge is 0.451 e. The van der Waals surface area contributed by atoms with E-state index in [2.05, 4.69) is 20.4 Å². The first-order valence-electron chi connectivity index (χ1n) is 5.96. The van der Waals surface area contributed by atoms with Gasteiger partial charge in [0.05, 0.1) is 18.3 Å². The van der Waals surface area contributed by atoms with Crippen molar-refractivity contribution >= 4 is 5.82 Å². The fraction of sp³-hybridized carbons (Fsp3) is 0.364. The van der Waals surface area contributed by atoms with Crippen LogP contribution in [0.1, 0.15) is 17.2 Å². The fourth-order valence-electron chi connectivity index (χ4n) is 2.19. The standard InChI is InChI=1S/C11H8F3N7/c12-11(13,14)10-19-17-8-6-20(3-4-21(8)10)9-7(5-15)1-2-16-18-9/h1-2H,3-4,6H2. The van der Waals surface area contributed by atoms with Crippen molar-refractivity contribution in [3.63, 3.8) is 0 Å². The maximum Gasteiger partial charge on any atom is 0.451 e. The number of anilines is 1. The Labute approximate surface area is 116 Å². The molecule has 0 amide bonds. The number of halogens is 3. The SMILES string of the molecule is N#Cc1ccnnc1N1CCn2c(nnc2C(F)(F)F)C1. The molecule has 1 aliphatic heterocycles. The zero-order chi connectivity index (χ0) is 15.0. The first-order chi connectivity index (χ1) is 10.0. The molecule has 0 atom stereocenters. The minimum Gasteiger partial charge on any atom is -0.345 e. The Kier molecular flexibility index (Phi) is 2.97. The second kappa shape index (κ2) is 4.69. The predicted octanol–water partition coefficient (Wildman–Crippen LogP) is 0.979. The molecule has 0 aliphatic carbocycles. The van der Waals surface area contributed by atoms with Gasteiger partial charge in [0.15, 0.2) is 11.6 Å². The third-order valence-corrected chi connectivity index (χ3v) is 3.13. The van der Waals surface area contributed by atoms with E-state index in [0.717, 1.165) is 4.57 Å². The van der Waals surface area contributed by atoms with Gasteiger partial charge in [0.2, 0.25) is 5.82 Å². The van der Waals surface area contributed by atoms with Crippen LogP contribution in [0.3, 0.4) is 0 Å². The number of alkyl halides is 3. The predicted molar refractivity (Wildman–Crippen MR) is 62.8 cm³/mol. The molecular formula is C11H8F3N7. The molecule has 2 aromatic heterocycles. The van der Waals surface area contributed by atoms with E-state index in [1.165, 1.54) is 12.3 Å². The Balaban J connectivity index is 1.93. The molecule has 0 fully saturated rings. The summed E-state index contributed by atoms with van der Waals surface area (Å²) in [6, 6.07) is 3.48. The summed E-state index contributed by atoms with van der Waals surface area (Å²) in [5.41, 5.74) is 0.314. The van der Waals surface area contributed by atoms with Gasteiger partial charge in [-0.1, -0.05) is 0 Å². The lowest BCUT2D eigenvalue weighted by molar-refractivity contribution is -0.147. The van der Waals surface area contributed by atoms with Crippen molar-refractivity contribution in [3.8, 4) is 6.07 Å². The van der Waals surface area contributed by atoms with Gasteiger partial charge in [-0.15, -0.1) is 15.3 Å². The number of hydrogen-bond acceptors (Lipinski definition) is 6. The van der Waals surface area contributed by atoms with Crippen LogP contribution in [0.15, 0.2) is 12.3 Å². The average Bonchev–Trinajstić information content (AvgIpc) is 2.90. The number of nitrogens with zero attached hydrogens (tertiary/aromatic N) is 7. The van der Waals surface area contributed by atoms with Crippen LogP contribution in [0.2, 0.25) is 0 Å². The van der Waals surface area contributed by atoms with Crippen molar-refractivity contribution in [2.45, 2.75) is 19.3 Å². The smallest absolute Gasteiger partial charge is 0.345 e. The van der Waals surface area contributed by atoms with E-state index in [-0.39, 0.29) is 25.5 Å². The summed E-state index contributed by atoms with van der Waals surface area (Å²) in [5.74, 6) is -0.484. The molecule has 108 valence electrons. The Morgan fingerprint density at radius 1 is 1.19 bits per heavy atom. The highest BCUT2D eigenvalue weighted by molar-refractivity contribution is 5.52. The van der Waals surface area contributed by atoms with Crippen LogP contribution in [0.25, 0.3) is 0 Å². The quantitative estimate of drug-likeness (QED) is 0.779. The second-order valence-corrected chi connectivity index (χ2v) is 4.39. The summed E-state index contributed by atoms with van der Waals surface area (Å²) in [4.78, 5) is 1.66. The summed E-state index contributed by atoms with van der Waals surface area (Å²) < 4.78 is 39.3. The molecule has 3 rings (SSSR count). The van der Waals surface area contributed by atoms with Crippen molar-refractivity contribution in [1.82, 2.24) is 25.0 Å². The van der Waals surface area contributed by atoms with Crippen LogP contribution in [0.4, 0.5) is 19.0 Å². The van der Waals surface area contributed by atoms with Crippen LogP contribution in [0, 0.1) is 11.3 Å². The van der Waals surface area contributed by atoms with E-state index >= 15 is 0 Å². The van der Waals surface area contributed by atoms with Crippen molar-refractivity contribution in [1.29, 1.82) is 5.26 Å². The van der Waals surface area contributed by atoms with Crippen molar-refractivity contribution in [2.24, 2.45) is 0 Å². The van der Waals surface area contributed by atoms with Crippen LogP contribution < -0.4 is 4.90 Å². The van der Waals surface area contributed by atoms with Gasteiger partial charge >= 0.3 is 6.18 Å². The van der Waals surface area contributed by atoms with E-state index < -0.39 is 12.0 Å². The summed E-state index contributed by atoms with van der Waals surface area (Å²) in [5, 5.41) is 23.4. The van der Waals surface area contributed by atoms with E-state index in [0.29, 0.717) is 11.4 Å². The van der Waals surface area contributed by atoms with Gasteiger partial charge in [0.1, 0.15) is 6.07 Å². The maximum atomic E-state index is 12.7. The van der Waals surface area contributed by atoms with E-state index in [1.54, 1.807) is 4.90 Å². The van der Waals surface area contributed by atoms with Crippen LogP contribution in [-0.4, -0.2) is 31.5 Å². The summed E-state index contributed by atoms with van der Waals surface area (Å²) in [7, 11) is 0. The van der Waals surface area contributed by atoms with Gasteiger partial charge in [-0.3, -0.25) is 0 Å². The van der Waals surface area contributed by atoms with Crippen molar-refractivity contribution in [2.75, 3.05) is 11.4 Å². The second-order valence-electron chi connectivity index (χ2n) is 4.39. The molecule has 0 saturated carbocycles. The molecule has 2 aromatic rings. The first-order valence-corrected chi connectivity index (χ1v) is 5.96.